The molecule has 0 saturated heterocycles. The molecule has 0 aliphatic heterocycles. The zero-order valence-corrected chi connectivity index (χ0v) is 13.3. The smallest absolute Gasteiger partial charge is 0.325 e. The molecule has 2 rings (SSSR count). The minimum absolute atomic E-state index is 0.0417. The first-order valence-electron chi connectivity index (χ1n) is 7.29. The Kier molecular flexibility index (Phi) is 5.30. The molecule has 0 saturated carbocycles. The first-order chi connectivity index (χ1) is 11.4. The van der Waals surface area contributed by atoms with Crippen LogP contribution in [-0.2, 0) is 18.4 Å². The highest BCUT2D eigenvalue weighted by Gasteiger charge is 2.20. The number of carboxylic acids is 1. The molecule has 0 aromatic carbocycles. The minimum atomic E-state index is -1.06. The Morgan fingerprint density at radius 1 is 1.29 bits per heavy atom. The lowest BCUT2D eigenvalue weighted by Crippen LogP contribution is -2.27. The van der Waals surface area contributed by atoms with Gasteiger partial charge in [0.25, 0.3) is 11.8 Å². The molecule has 0 bridgehead atoms. The summed E-state index contributed by atoms with van der Waals surface area (Å²) in [6, 6.07) is 1.39. The van der Waals surface area contributed by atoms with Gasteiger partial charge in [-0.25, -0.2) is 0 Å². The topological polar surface area (TPSA) is 131 Å². The molecule has 0 spiro atoms. The number of anilines is 1. The van der Waals surface area contributed by atoms with Crippen molar-refractivity contribution in [3.63, 3.8) is 0 Å². The predicted molar refractivity (Wildman–Crippen MR) is 83.6 cm³/mol. The average Bonchev–Trinajstić information content (AvgIpc) is 3.11. The summed E-state index contributed by atoms with van der Waals surface area (Å²) in [7, 11) is 1.60. The van der Waals surface area contributed by atoms with Crippen molar-refractivity contribution in [3.05, 3.63) is 29.8 Å². The molecule has 0 fully saturated rings. The standard InChI is InChI=1S/C14H18N6O4/c1-3-5-15-14(24)12-10(7-16-19(12)2)17-13(23)9-4-6-20(18-9)8-11(21)22/h4,6-7H,3,5,8H2,1-2H3,(H,15,24)(H,17,23)(H,21,22). The van der Waals surface area contributed by atoms with Crippen LogP contribution in [0.2, 0.25) is 0 Å². The average molecular weight is 334 g/mol. The molecule has 0 radical (unpaired) electrons. The largest absolute Gasteiger partial charge is 0.480 e. The van der Waals surface area contributed by atoms with Crippen LogP contribution < -0.4 is 10.6 Å². The number of rotatable bonds is 7. The Hall–Kier alpha value is -3.17. The van der Waals surface area contributed by atoms with Gasteiger partial charge in [-0.1, -0.05) is 6.92 Å². The lowest BCUT2D eigenvalue weighted by molar-refractivity contribution is -0.137. The van der Waals surface area contributed by atoms with Crippen molar-refractivity contribution >= 4 is 23.5 Å². The number of aryl methyl sites for hydroxylation is 1. The van der Waals surface area contributed by atoms with E-state index < -0.39 is 11.9 Å². The van der Waals surface area contributed by atoms with Gasteiger partial charge in [0.1, 0.15) is 12.2 Å². The molecule has 0 aliphatic carbocycles. The fourth-order valence-electron chi connectivity index (χ4n) is 2.02. The van der Waals surface area contributed by atoms with Gasteiger partial charge in [-0.3, -0.25) is 23.7 Å². The van der Waals surface area contributed by atoms with E-state index in [-0.39, 0.29) is 29.5 Å². The molecule has 0 unspecified atom stereocenters. The highest BCUT2D eigenvalue weighted by atomic mass is 16.4. The third-order valence-electron chi connectivity index (χ3n) is 3.11. The van der Waals surface area contributed by atoms with E-state index in [1.165, 1.54) is 23.1 Å². The van der Waals surface area contributed by atoms with Crippen molar-refractivity contribution in [2.45, 2.75) is 19.9 Å². The summed E-state index contributed by atoms with van der Waals surface area (Å²) in [6.45, 7) is 2.10. The molecule has 10 nitrogen and oxygen atoms in total. The number of aliphatic carboxylic acids is 1. The number of nitrogens with zero attached hydrogens (tertiary/aromatic N) is 4. The first kappa shape index (κ1) is 17.2. The number of hydrogen-bond acceptors (Lipinski definition) is 5. The SMILES string of the molecule is CCCNC(=O)c1c(NC(=O)c2ccn(CC(=O)O)n2)cnn1C. The number of hydrogen-bond donors (Lipinski definition) is 3. The lowest BCUT2D eigenvalue weighted by Gasteiger charge is -2.07. The van der Waals surface area contributed by atoms with Gasteiger partial charge in [0.05, 0.1) is 11.9 Å². The van der Waals surface area contributed by atoms with Gasteiger partial charge in [0.15, 0.2) is 5.69 Å². The van der Waals surface area contributed by atoms with Crippen LogP contribution in [-0.4, -0.2) is 49.0 Å². The quantitative estimate of drug-likeness (QED) is 0.658. The zero-order chi connectivity index (χ0) is 17.7. The Morgan fingerprint density at radius 3 is 2.71 bits per heavy atom. The third-order valence-corrected chi connectivity index (χ3v) is 3.11. The van der Waals surface area contributed by atoms with Gasteiger partial charge in [-0.15, -0.1) is 0 Å². The molecule has 0 atom stereocenters. The van der Waals surface area contributed by atoms with Crippen molar-refractivity contribution in [2.75, 3.05) is 11.9 Å². The number of carbonyl (C=O) groups excluding carboxylic acids is 2. The van der Waals surface area contributed by atoms with E-state index in [0.717, 1.165) is 11.1 Å². The molecule has 2 heterocycles. The fraction of sp³-hybridized carbons (Fsp3) is 0.357. The van der Waals surface area contributed by atoms with E-state index in [1.54, 1.807) is 7.05 Å². The van der Waals surface area contributed by atoms with Crippen LogP contribution in [0.15, 0.2) is 18.5 Å². The Labute approximate surface area is 137 Å². The van der Waals surface area contributed by atoms with Crippen molar-refractivity contribution in [3.8, 4) is 0 Å². The van der Waals surface area contributed by atoms with Crippen LogP contribution in [0.3, 0.4) is 0 Å². The summed E-state index contributed by atoms with van der Waals surface area (Å²) in [5, 5.41) is 21.8. The molecule has 10 heteroatoms. The van der Waals surface area contributed by atoms with Crippen LogP contribution in [0.1, 0.15) is 34.3 Å². The van der Waals surface area contributed by atoms with Gasteiger partial charge >= 0.3 is 5.97 Å². The van der Waals surface area contributed by atoms with E-state index in [4.69, 9.17) is 5.11 Å². The van der Waals surface area contributed by atoms with Crippen molar-refractivity contribution in [2.24, 2.45) is 7.05 Å². The van der Waals surface area contributed by atoms with Crippen LogP contribution >= 0.6 is 0 Å². The number of nitrogens with one attached hydrogen (secondary N) is 2. The maximum Gasteiger partial charge on any atom is 0.325 e. The van der Waals surface area contributed by atoms with Gasteiger partial charge in [-0.05, 0) is 12.5 Å². The molecule has 2 amide bonds. The second-order valence-corrected chi connectivity index (χ2v) is 5.03. The van der Waals surface area contributed by atoms with E-state index in [0.29, 0.717) is 6.54 Å². The van der Waals surface area contributed by atoms with E-state index in [1.807, 2.05) is 6.92 Å². The summed E-state index contributed by atoms with van der Waals surface area (Å²) in [4.78, 5) is 35.0. The van der Waals surface area contributed by atoms with E-state index in [9.17, 15) is 14.4 Å². The van der Waals surface area contributed by atoms with E-state index in [2.05, 4.69) is 20.8 Å². The van der Waals surface area contributed by atoms with Gasteiger partial charge < -0.3 is 15.7 Å². The number of aromatic nitrogens is 4. The molecule has 24 heavy (non-hydrogen) atoms. The molecule has 2 aromatic heterocycles. The molecule has 0 aliphatic rings. The molecular weight excluding hydrogens is 316 g/mol. The zero-order valence-electron chi connectivity index (χ0n) is 13.3. The summed E-state index contributed by atoms with van der Waals surface area (Å²) in [5.74, 6) is -1.97. The lowest BCUT2D eigenvalue weighted by atomic mass is 10.3. The summed E-state index contributed by atoms with van der Waals surface area (Å²) >= 11 is 0. The van der Waals surface area contributed by atoms with Crippen molar-refractivity contribution in [1.29, 1.82) is 0 Å². The number of carboxylic acid groups (broad SMARTS) is 1. The second kappa shape index (κ2) is 7.40. The van der Waals surface area contributed by atoms with E-state index >= 15 is 0 Å². The highest BCUT2D eigenvalue weighted by Crippen LogP contribution is 2.15. The maximum absolute atomic E-state index is 12.2. The molecular formula is C14H18N6O4. The number of amides is 2. The molecule has 3 N–H and O–H groups in total. The predicted octanol–water partition coefficient (Wildman–Crippen LogP) is 0.0933. The van der Waals surface area contributed by atoms with Gasteiger partial charge in [0, 0.05) is 19.8 Å². The van der Waals surface area contributed by atoms with Crippen molar-refractivity contribution < 1.29 is 19.5 Å². The van der Waals surface area contributed by atoms with Crippen LogP contribution in [0.25, 0.3) is 0 Å². The van der Waals surface area contributed by atoms with Gasteiger partial charge in [-0.2, -0.15) is 10.2 Å². The first-order valence-corrected chi connectivity index (χ1v) is 7.29. The summed E-state index contributed by atoms with van der Waals surface area (Å²) < 4.78 is 2.50. The Morgan fingerprint density at radius 2 is 2.04 bits per heavy atom. The molecule has 128 valence electrons. The maximum atomic E-state index is 12.2. The fourth-order valence-corrected chi connectivity index (χ4v) is 2.02. The number of carbonyl (C=O) groups is 3. The second-order valence-electron chi connectivity index (χ2n) is 5.03. The minimum Gasteiger partial charge on any atom is -0.480 e. The Bertz CT molecular complexity index is 763. The molecule has 2 aromatic rings. The highest BCUT2D eigenvalue weighted by molar-refractivity contribution is 6.07. The Balaban J connectivity index is 2.13. The van der Waals surface area contributed by atoms with Crippen LogP contribution in [0.4, 0.5) is 5.69 Å². The third kappa shape index (κ3) is 3.97. The summed E-state index contributed by atoms with van der Waals surface area (Å²) in [6.07, 6.45) is 3.54. The van der Waals surface area contributed by atoms with Crippen molar-refractivity contribution in [1.82, 2.24) is 24.9 Å². The van der Waals surface area contributed by atoms with Gasteiger partial charge in [0.2, 0.25) is 0 Å². The summed E-state index contributed by atoms with van der Waals surface area (Å²) in [5.41, 5.74) is 0.519. The normalized spacial score (nSPS) is 10.4. The van der Waals surface area contributed by atoms with Crippen LogP contribution in [0, 0.1) is 0 Å². The van der Waals surface area contributed by atoms with Crippen LogP contribution in [0.5, 0.6) is 0 Å². The monoisotopic (exact) mass is 334 g/mol.